The van der Waals surface area contributed by atoms with Crippen molar-refractivity contribution in [3.05, 3.63) is 71.5 Å². The van der Waals surface area contributed by atoms with Gasteiger partial charge in [0, 0.05) is 31.0 Å². The van der Waals surface area contributed by atoms with E-state index in [9.17, 15) is 13.2 Å². The molecule has 9 heteroatoms. The molecule has 1 amide bonds. The van der Waals surface area contributed by atoms with Crippen LogP contribution in [0, 0.1) is 6.92 Å². The van der Waals surface area contributed by atoms with Crippen LogP contribution in [0.4, 0.5) is 5.69 Å². The Morgan fingerprint density at radius 1 is 1.12 bits per heavy atom. The Morgan fingerprint density at radius 3 is 2.39 bits per heavy atom. The molecule has 4 rings (SSSR count). The number of sulfone groups is 1. The summed E-state index contributed by atoms with van der Waals surface area (Å²) in [5.74, 6) is 0.323. The summed E-state index contributed by atoms with van der Waals surface area (Å²) >= 11 is 0. The number of nitrogens with zero attached hydrogens (tertiary/aromatic N) is 1. The highest BCUT2D eigenvalue weighted by Crippen LogP contribution is 2.38. The van der Waals surface area contributed by atoms with E-state index in [2.05, 4.69) is 15.6 Å². The SMILES string of the molecule is COc1cc(C)cc(OC)c1S(=O)(=O)c1ccc(CNC(=O)C2Cc3cnccc3N2)cc1. The summed E-state index contributed by atoms with van der Waals surface area (Å²) in [6.45, 7) is 2.12. The number of fused-ring (bicyclic) bond motifs is 1. The number of methoxy groups -OCH3 is 2. The molecule has 3 aromatic rings. The van der Waals surface area contributed by atoms with Gasteiger partial charge in [-0.3, -0.25) is 9.78 Å². The number of hydrogen-bond donors (Lipinski definition) is 2. The van der Waals surface area contributed by atoms with Gasteiger partial charge in [0.2, 0.25) is 15.7 Å². The fourth-order valence-corrected chi connectivity index (χ4v) is 5.38. The molecule has 0 saturated heterocycles. The van der Waals surface area contributed by atoms with Gasteiger partial charge in [-0.2, -0.15) is 0 Å². The number of pyridine rings is 1. The van der Waals surface area contributed by atoms with Gasteiger partial charge >= 0.3 is 0 Å². The summed E-state index contributed by atoms with van der Waals surface area (Å²) in [4.78, 5) is 16.7. The quantitative estimate of drug-likeness (QED) is 0.550. The van der Waals surface area contributed by atoms with E-state index in [1.54, 1.807) is 36.7 Å². The second-order valence-electron chi connectivity index (χ2n) is 7.80. The Hall–Kier alpha value is -3.59. The van der Waals surface area contributed by atoms with Gasteiger partial charge in [0.25, 0.3) is 0 Å². The lowest BCUT2D eigenvalue weighted by molar-refractivity contribution is -0.121. The van der Waals surface area contributed by atoms with Crippen molar-refractivity contribution < 1.29 is 22.7 Å². The number of anilines is 1. The largest absolute Gasteiger partial charge is 0.495 e. The molecule has 2 N–H and O–H groups in total. The van der Waals surface area contributed by atoms with Crippen molar-refractivity contribution in [3.8, 4) is 11.5 Å². The zero-order chi connectivity index (χ0) is 23.6. The van der Waals surface area contributed by atoms with E-state index in [-0.39, 0.29) is 39.8 Å². The lowest BCUT2D eigenvalue weighted by Gasteiger charge is -2.15. The first-order chi connectivity index (χ1) is 15.8. The second kappa shape index (κ2) is 9.11. The third-order valence-electron chi connectivity index (χ3n) is 5.55. The van der Waals surface area contributed by atoms with Gasteiger partial charge in [-0.15, -0.1) is 0 Å². The molecule has 8 nitrogen and oxygen atoms in total. The van der Waals surface area contributed by atoms with Crippen LogP contribution in [0.5, 0.6) is 11.5 Å². The average molecular weight is 468 g/mol. The van der Waals surface area contributed by atoms with E-state index < -0.39 is 9.84 Å². The monoisotopic (exact) mass is 467 g/mol. The summed E-state index contributed by atoms with van der Waals surface area (Å²) < 4.78 is 37.3. The van der Waals surface area contributed by atoms with Gasteiger partial charge < -0.3 is 20.1 Å². The Kier molecular flexibility index (Phi) is 6.24. The van der Waals surface area contributed by atoms with Crippen LogP contribution in [-0.4, -0.2) is 39.6 Å². The van der Waals surface area contributed by atoms with Crippen molar-refractivity contribution in [2.75, 3.05) is 19.5 Å². The first-order valence-corrected chi connectivity index (χ1v) is 11.9. The lowest BCUT2D eigenvalue weighted by Crippen LogP contribution is -2.38. The molecular weight excluding hydrogens is 442 g/mol. The van der Waals surface area contributed by atoms with Crippen LogP contribution in [0.25, 0.3) is 0 Å². The van der Waals surface area contributed by atoms with Crippen LogP contribution in [-0.2, 0) is 27.6 Å². The third kappa shape index (κ3) is 4.49. The Morgan fingerprint density at radius 2 is 1.79 bits per heavy atom. The van der Waals surface area contributed by atoms with Gasteiger partial charge in [0.15, 0.2) is 4.90 Å². The van der Waals surface area contributed by atoms with E-state index in [0.29, 0.717) is 6.42 Å². The highest BCUT2D eigenvalue weighted by Gasteiger charge is 2.28. The molecule has 1 aliphatic rings. The van der Waals surface area contributed by atoms with E-state index in [1.165, 1.54) is 26.4 Å². The van der Waals surface area contributed by atoms with Crippen molar-refractivity contribution in [2.24, 2.45) is 0 Å². The normalized spacial score (nSPS) is 14.8. The smallest absolute Gasteiger partial charge is 0.243 e. The van der Waals surface area contributed by atoms with E-state index in [0.717, 1.165) is 22.4 Å². The zero-order valence-corrected chi connectivity index (χ0v) is 19.4. The first kappa shape index (κ1) is 22.6. The zero-order valence-electron chi connectivity index (χ0n) is 18.6. The maximum atomic E-state index is 13.3. The summed E-state index contributed by atoms with van der Waals surface area (Å²) in [6, 6.07) is 11.2. The molecule has 2 heterocycles. The molecule has 0 fully saturated rings. The standard InChI is InChI=1S/C24H25N3O5S/c1-15-10-21(31-2)23(22(11-15)32-3)33(29,30)18-6-4-16(5-7-18)13-26-24(28)20-12-17-14-25-9-8-19(17)27-20/h4-11,14,20,27H,12-13H2,1-3H3,(H,26,28). The number of ether oxygens (including phenoxy) is 2. The number of carbonyl (C=O) groups is 1. The predicted octanol–water partition coefficient (Wildman–Crippen LogP) is 2.89. The molecular formula is C24H25N3O5S. The number of rotatable bonds is 7. The van der Waals surface area contributed by atoms with Crippen molar-refractivity contribution in [1.29, 1.82) is 0 Å². The van der Waals surface area contributed by atoms with Gasteiger partial charge in [0.1, 0.15) is 17.5 Å². The molecule has 1 aliphatic heterocycles. The molecule has 0 saturated carbocycles. The minimum absolute atomic E-state index is 0.0134. The number of nitrogens with one attached hydrogen (secondary N) is 2. The molecule has 0 aliphatic carbocycles. The summed E-state index contributed by atoms with van der Waals surface area (Å²) in [6.07, 6.45) is 4.02. The Balaban J connectivity index is 1.47. The van der Waals surface area contributed by atoms with Crippen molar-refractivity contribution in [2.45, 2.75) is 35.7 Å². The molecule has 0 radical (unpaired) electrons. The van der Waals surface area contributed by atoms with Crippen molar-refractivity contribution in [3.63, 3.8) is 0 Å². The van der Waals surface area contributed by atoms with Gasteiger partial charge in [-0.1, -0.05) is 12.1 Å². The fraction of sp³-hybridized carbons (Fsp3) is 0.250. The lowest BCUT2D eigenvalue weighted by atomic mass is 10.1. The molecule has 172 valence electrons. The maximum Gasteiger partial charge on any atom is 0.243 e. The number of aromatic nitrogens is 1. The molecule has 33 heavy (non-hydrogen) atoms. The molecule has 2 aromatic carbocycles. The van der Waals surface area contributed by atoms with Crippen LogP contribution in [0.3, 0.4) is 0 Å². The minimum atomic E-state index is -3.89. The topological polar surface area (TPSA) is 107 Å². The highest BCUT2D eigenvalue weighted by molar-refractivity contribution is 7.91. The molecule has 1 unspecified atom stereocenters. The number of benzene rings is 2. The first-order valence-electron chi connectivity index (χ1n) is 10.4. The van der Waals surface area contributed by atoms with Crippen LogP contribution < -0.4 is 20.1 Å². The highest BCUT2D eigenvalue weighted by atomic mass is 32.2. The predicted molar refractivity (Wildman–Crippen MR) is 123 cm³/mol. The maximum absolute atomic E-state index is 13.3. The second-order valence-corrected chi connectivity index (χ2v) is 9.68. The summed E-state index contributed by atoms with van der Waals surface area (Å²) in [7, 11) is -1.04. The number of amides is 1. The van der Waals surface area contributed by atoms with E-state index >= 15 is 0 Å². The molecule has 0 bridgehead atoms. The van der Waals surface area contributed by atoms with E-state index in [1.807, 2.05) is 13.0 Å². The van der Waals surface area contributed by atoms with Crippen LogP contribution in [0.15, 0.2) is 64.6 Å². The number of carbonyl (C=O) groups excluding carboxylic acids is 1. The minimum Gasteiger partial charge on any atom is -0.495 e. The Labute approximate surface area is 192 Å². The van der Waals surface area contributed by atoms with Crippen LogP contribution in [0.2, 0.25) is 0 Å². The average Bonchev–Trinajstić information content (AvgIpc) is 3.26. The fourth-order valence-electron chi connectivity index (χ4n) is 3.84. The van der Waals surface area contributed by atoms with Gasteiger partial charge in [-0.05, 0) is 53.9 Å². The van der Waals surface area contributed by atoms with Crippen LogP contribution in [0.1, 0.15) is 16.7 Å². The summed E-state index contributed by atoms with van der Waals surface area (Å²) in [5, 5.41) is 6.09. The molecule has 0 spiro atoms. The Bertz CT molecular complexity index is 1240. The third-order valence-corrected chi connectivity index (χ3v) is 7.38. The molecule has 1 atom stereocenters. The van der Waals surface area contributed by atoms with Crippen molar-refractivity contribution >= 4 is 21.4 Å². The molecule has 1 aromatic heterocycles. The van der Waals surface area contributed by atoms with Crippen molar-refractivity contribution in [1.82, 2.24) is 10.3 Å². The van der Waals surface area contributed by atoms with E-state index in [4.69, 9.17) is 9.47 Å². The van der Waals surface area contributed by atoms with Gasteiger partial charge in [0.05, 0.1) is 19.1 Å². The summed E-state index contributed by atoms with van der Waals surface area (Å²) in [5.41, 5.74) is 3.53. The van der Waals surface area contributed by atoms with Crippen LogP contribution >= 0.6 is 0 Å². The van der Waals surface area contributed by atoms with Gasteiger partial charge in [-0.25, -0.2) is 8.42 Å². The number of aryl methyl sites for hydroxylation is 1. The number of hydrogen-bond acceptors (Lipinski definition) is 7.